The van der Waals surface area contributed by atoms with Gasteiger partial charge in [-0.1, -0.05) is 35.6 Å². The first-order valence-corrected chi connectivity index (χ1v) is 14.8. The Morgan fingerprint density at radius 1 is 1.05 bits per heavy atom. The summed E-state index contributed by atoms with van der Waals surface area (Å²) in [5.74, 6) is 1.98. The number of thiazole rings is 1. The molecule has 0 radical (unpaired) electrons. The molecule has 1 amide bonds. The Bertz CT molecular complexity index is 1910. The summed E-state index contributed by atoms with van der Waals surface area (Å²) in [7, 11) is 3.12. The maximum atomic E-state index is 14.1. The Labute approximate surface area is 253 Å². The van der Waals surface area contributed by atoms with Crippen LogP contribution in [0.15, 0.2) is 80.1 Å². The molecule has 1 aliphatic rings. The number of furan rings is 1. The Morgan fingerprint density at radius 3 is 2.40 bits per heavy atom. The van der Waals surface area contributed by atoms with Crippen LogP contribution >= 0.6 is 11.3 Å². The summed E-state index contributed by atoms with van der Waals surface area (Å²) in [6, 6.07) is 15.3. The minimum atomic E-state index is -0.788. The van der Waals surface area contributed by atoms with E-state index in [2.05, 4.69) is 0 Å². The van der Waals surface area contributed by atoms with Gasteiger partial charge in [0.05, 0.1) is 30.0 Å². The van der Waals surface area contributed by atoms with E-state index in [1.165, 1.54) is 18.3 Å². The van der Waals surface area contributed by atoms with Gasteiger partial charge in [0, 0.05) is 35.9 Å². The maximum Gasteiger partial charge on any atom is 0.271 e. The van der Waals surface area contributed by atoms with Crippen LogP contribution in [0.2, 0.25) is 0 Å². The molecular weight excluding hydrogens is 566 g/mol. The standard InChI is InChI=1S/C33H33N3O6S/c1-7-35(8-2)32(39)29-19(3)34-33-36(30(29)25-17-23(40-5)13-16-27(25)41-6)31(38)28(43-33)18-24-14-15-26(42-24)22-11-9-21(10-12-22)20(4)37/h9-18,30H,7-8H2,1-6H3/b28-18+/t30-/m0/s1. The minimum absolute atomic E-state index is 0.0101. The Hall–Kier alpha value is -4.70. The lowest BCUT2D eigenvalue weighted by Crippen LogP contribution is -2.43. The number of rotatable bonds is 9. The first-order chi connectivity index (χ1) is 20.7. The van der Waals surface area contributed by atoms with Crippen LogP contribution in [0, 0.1) is 0 Å². The second kappa shape index (κ2) is 12.3. The van der Waals surface area contributed by atoms with Crippen LogP contribution in [0.4, 0.5) is 0 Å². The van der Waals surface area contributed by atoms with Crippen LogP contribution in [0.5, 0.6) is 11.5 Å². The van der Waals surface area contributed by atoms with Gasteiger partial charge >= 0.3 is 0 Å². The fourth-order valence-electron chi connectivity index (χ4n) is 5.21. The molecule has 9 nitrogen and oxygen atoms in total. The number of hydrogen-bond donors (Lipinski definition) is 0. The van der Waals surface area contributed by atoms with Crippen molar-refractivity contribution in [2.45, 2.75) is 33.7 Å². The molecule has 2 aromatic carbocycles. The van der Waals surface area contributed by atoms with E-state index in [0.29, 0.717) is 67.8 Å². The van der Waals surface area contributed by atoms with Crippen molar-refractivity contribution in [3.8, 4) is 22.8 Å². The maximum absolute atomic E-state index is 14.1. The van der Waals surface area contributed by atoms with Gasteiger partial charge in [-0.2, -0.15) is 0 Å². The number of methoxy groups -OCH3 is 2. The summed E-state index contributed by atoms with van der Waals surface area (Å²) in [4.78, 5) is 46.6. The third-order valence-electron chi connectivity index (χ3n) is 7.51. The molecule has 0 bridgehead atoms. The summed E-state index contributed by atoms with van der Waals surface area (Å²) in [5.41, 5.74) is 2.69. The molecule has 0 spiro atoms. The SMILES string of the molecule is CCN(CC)C(=O)C1=C(C)N=c2s/c(=C/c3ccc(-c4ccc(C(C)=O)cc4)o3)c(=O)n2[C@H]1c1cc(OC)ccc1OC. The van der Waals surface area contributed by atoms with Gasteiger partial charge in [0.25, 0.3) is 11.5 Å². The predicted octanol–water partition coefficient (Wildman–Crippen LogP) is 4.58. The summed E-state index contributed by atoms with van der Waals surface area (Å²) in [6.45, 7) is 8.18. The van der Waals surface area contributed by atoms with Crippen molar-refractivity contribution >= 4 is 29.1 Å². The number of likely N-dealkylation sites (N-methyl/N-ethyl adjacent to an activating group) is 1. The Morgan fingerprint density at radius 2 is 1.77 bits per heavy atom. The van der Waals surface area contributed by atoms with E-state index in [1.807, 2.05) is 32.0 Å². The van der Waals surface area contributed by atoms with Gasteiger partial charge in [-0.3, -0.25) is 19.0 Å². The van der Waals surface area contributed by atoms with E-state index in [1.54, 1.807) is 73.1 Å². The number of benzene rings is 2. The van der Waals surface area contributed by atoms with Crippen molar-refractivity contribution in [1.82, 2.24) is 9.47 Å². The number of ether oxygens (including phenoxy) is 2. The van der Waals surface area contributed by atoms with Gasteiger partial charge in [0.15, 0.2) is 10.6 Å². The normalized spacial score (nSPS) is 14.7. The van der Waals surface area contributed by atoms with Gasteiger partial charge < -0.3 is 18.8 Å². The van der Waals surface area contributed by atoms with Crippen molar-refractivity contribution in [2.24, 2.45) is 4.99 Å². The number of Topliss-reactive ketones (excluding diaryl/α,β-unsaturated/α-hetero) is 1. The zero-order chi connectivity index (χ0) is 30.8. The van der Waals surface area contributed by atoms with Crippen LogP contribution in [-0.4, -0.2) is 48.5 Å². The summed E-state index contributed by atoms with van der Waals surface area (Å²) in [5, 5.41) is 0. The molecule has 1 atom stereocenters. The molecule has 0 N–H and O–H groups in total. The molecule has 0 unspecified atom stereocenters. The van der Waals surface area contributed by atoms with Crippen molar-refractivity contribution in [2.75, 3.05) is 27.3 Å². The molecule has 222 valence electrons. The molecule has 2 aromatic heterocycles. The minimum Gasteiger partial charge on any atom is -0.497 e. The lowest BCUT2D eigenvalue weighted by Gasteiger charge is -2.30. The van der Waals surface area contributed by atoms with Gasteiger partial charge in [0.1, 0.15) is 29.1 Å². The number of carbonyl (C=O) groups excluding carboxylic acids is 2. The summed E-state index contributed by atoms with van der Waals surface area (Å²) >= 11 is 1.23. The molecule has 5 rings (SSSR count). The predicted molar refractivity (Wildman–Crippen MR) is 165 cm³/mol. The van der Waals surface area contributed by atoms with Gasteiger partial charge in [-0.25, -0.2) is 4.99 Å². The third-order valence-corrected chi connectivity index (χ3v) is 8.49. The number of hydrogen-bond acceptors (Lipinski definition) is 8. The molecule has 3 heterocycles. The lowest BCUT2D eigenvalue weighted by atomic mass is 9.93. The highest BCUT2D eigenvalue weighted by molar-refractivity contribution is 7.07. The third kappa shape index (κ3) is 5.58. The van der Waals surface area contributed by atoms with Crippen LogP contribution in [-0.2, 0) is 4.79 Å². The first kappa shape index (κ1) is 29.8. The first-order valence-electron chi connectivity index (χ1n) is 14.0. The number of amides is 1. The zero-order valence-electron chi connectivity index (χ0n) is 25.0. The fourth-order valence-corrected chi connectivity index (χ4v) is 6.23. The quantitative estimate of drug-likeness (QED) is 0.261. The van der Waals surface area contributed by atoms with Gasteiger partial charge in [0.2, 0.25) is 0 Å². The second-order valence-corrected chi connectivity index (χ2v) is 11.0. The molecule has 1 aliphatic heterocycles. The molecule has 0 fully saturated rings. The van der Waals surface area contributed by atoms with E-state index in [0.717, 1.165) is 5.56 Å². The van der Waals surface area contributed by atoms with Crippen LogP contribution < -0.4 is 24.4 Å². The van der Waals surface area contributed by atoms with E-state index >= 15 is 0 Å². The van der Waals surface area contributed by atoms with Crippen LogP contribution in [0.3, 0.4) is 0 Å². The smallest absolute Gasteiger partial charge is 0.271 e. The van der Waals surface area contributed by atoms with Gasteiger partial charge in [-0.05, 0) is 58.0 Å². The second-order valence-electron chi connectivity index (χ2n) is 10.0. The number of ketones is 1. The number of fused-ring (bicyclic) bond motifs is 1. The number of carbonyl (C=O) groups is 2. The van der Waals surface area contributed by atoms with E-state index in [-0.39, 0.29) is 17.2 Å². The largest absolute Gasteiger partial charge is 0.497 e. The molecular formula is C33H33N3O6S. The molecule has 10 heteroatoms. The highest BCUT2D eigenvalue weighted by Gasteiger charge is 2.36. The van der Waals surface area contributed by atoms with E-state index in [9.17, 15) is 14.4 Å². The van der Waals surface area contributed by atoms with E-state index in [4.69, 9.17) is 18.9 Å². The van der Waals surface area contributed by atoms with E-state index < -0.39 is 6.04 Å². The highest BCUT2D eigenvalue weighted by Crippen LogP contribution is 2.38. The topological polar surface area (TPSA) is 103 Å². The van der Waals surface area contributed by atoms with Crippen molar-refractivity contribution in [1.29, 1.82) is 0 Å². The molecule has 43 heavy (non-hydrogen) atoms. The number of allylic oxidation sites excluding steroid dienone is 1. The highest BCUT2D eigenvalue weighted by atomic mass is 32.1. The lowest BCUT2D eigenvalue weighted by molar-refractivity contribution is -0.127. The summed E-state index contributed by atoms with van der Waals surface area (Å²) in [6.07, 6.45) is 1.68. The monoisotopic (exact) mass is 599 g/mol. The number of nitrogens with zero attached hydrogens (tertiary/aromatic N) is 3. The summed E-state index contributed by atoms with van der Waals surface area (Å²) < 4.78 is 19.2. The Kier molecular flexibility index (Phi) is 8.50. The zero-order valence-corrected chi connectivity index (χ0v) is 25.8. The van der Waals surface area contributed by atoms with Crippen LogP contribution in [0.25, 0.3) is 17.4 Å². The molecule has 0 saturated heterocycles. The molecule has 0 saturated carbocycles. The average Bonchev–Trinajstić information content (AvgIpc) is 3.60. The number of aromatic nitrogens is 1. The molecule has 0 aliphatic carbocycles. The average molecular weight is 600 g/mol. The molecule has 4 aromatic rings. The van der Waals surface area contributed by atoms with Crippen molar-refractivity contribution in [3.63, 3.8) is 0 Å². The Balaban J connectivity index is 1.66. The van der Waals surface area contributed by atoms with Gasteiger partial charge in [-0.15, -0.1) is 0 Å². The fraction of sp³-hybridized carbons (Fsp3) is 0.273. The van der Waals surface area contributed by atoms with Crippen molar-refractivity contribution in [3.05, 3.63) is 102 Å². The van der Waals surface area contributed by atoms with Crippen molar-refractivity contribution < 1.29 is 23.5 Å². The van der Waals surface area contributed by atoms with Crippen LogP contribution in [0.1, 0.15) is 55.4 Å².